The Hall–Kier alpha value is -0.0400. The van der Waals surface area contributed by atoms with Crippen LogP contribution in [0.2, 0.25) is 0 Å². The van der Waals surface area contributed by atoms with Gasteiger partial charge in [-0.3, -0.25) is 0 Å². The maximum Gasteiger partial charge on any atom is 0.00999 e. The van der Waals surface area contributed by atoms with E-state index in [0.717, 1.165) is 17.8 Å². The maximum absolute atomic E-state index is 5.98. The zero-order valence-corrected chi connectivity index (χ0v) is 7.64. The van der Waals surface area contributed by atoms with Gasteiger partial charge in [0, 0.05) is 5.54 Å². The lowest BCUT2D eigenvalue weighted by Crippen LogP contribution is -2.32. The van der Waals surface area contributed by atoms with Gasteiger partial charge in [-0.2, -0.15) is 0 Å². The summed E-state index contributed by atoms with van der Waals surface area (Å²) in [6.07, 6.45) is 5.72. The fourth-order valence-electron chi connectivity index (χ4n) is 2.88. The minimum Gasteiger partial charge on any atom is -0.326 e. The van der Waals surface area contributed by atoms with Crippen LogP contribution in [0.25, 0.3) is 0 Å². The average molecular weight is 153 g/mol. The van der Waals surface area contributed by atoms with Gasteiger partial charge < -0.3 is 5.73 Å². The summed E-state index contributed by atoms with van der Waals surface area (Å²) < 4.78 is 0. The third-order valence-corrected chi connectivity index (χ3v) is 3.35. The Morgan fingerprint density at radius 3 is 2.27 bits per heavy atom. The quantitative estimate of drug-likeness (QED) is 0.646. The molecular formula is C10H19N. The first-order valence-electron chi connectivity index (χ1n) is 4.87. The normalized spacial score (nSPS) is 42.3. The molecule has 64 valence electrons. The van der Waals surface area contributed by atoms with E-state index in [4.69, 9.17) is 5.73 Å². The molecule has 2 aliphatic carbocycles. The second-order valence-corrected chi connectivity index (χ2v) is 5.12. The third-order valence-electron chi connectivity index (χ3n) is 3.35. The van der Waals surface area contributed by atoms with Gasteiger partial charge in [0.25, 0.3) is 0 Å². The third kappa shape index (κ3) is 1.44. The highest BCUT2D eigenvalue weighted by Crippen LogP contribution is 2.59. The van der Waals surface area contributed by atoms with Crippen LogP contribution in [0.5, 0.6) is 0 Å². The summed E-state index contributed by atoms with van der Waals surface area (Å²) >= 11 is 0. The molecular weight excluding hydrogens is 134 g/mol. The van der Waals surface area contributed by atoms with Crippen molar-refractivity contribution in [2.75, 3.05) is 0 Å². The summed E-state index contributed by atoms with van der Waals surface area (Å²) in [4.78, 5) is 0. The maximum atomic E-state index is 5.98. The second kappa shape index (κ2) is 2.22. The van der Waals surface area contributed by atoms with Gasteiger partial charge in [0.15, 0.2) is 0 Å². The highest BCUT2D eigenvalue weighted by Gasteiger charge is 2.52. The van der Waals surface area contributed by atoms with Crippen LogP contribution in [-0.2, 0) is 0 Å². The van der Waals surface area contributed by atoms with Gasteiger partial charge in [0.1, 0.15) is 0 Å². The number of hydrogen-bond acceptors (Lipinski definition) is 1. The fraction of sp³-hybridized carbons (Fsp3) is 1.00. The molecule has 2 aliphatic rings. The highest BCUT2D eigenvalue weighted by atomic mass is 14.7. The van der Waals surface area contributed by atoms with Crippen molar-refractivity contribution in [3.05, 3.63) is 0 Å². The van der Waals surface area contributed by atoms with Gasteiger partial charge in [-0.25, -0.2) is 0 Å². The summed E-state index contributed by atoms with van der Waals surface area (Å²) in [6.45, 7) is 4.31. The van der Waals surface area contributed by atoms with Crippen LogP contribution in [0, 0.1) is 17.8 Å². The molecule has 1 nitrogen and oxygen atoms in total. The molecule has 2 fully saturated rings. The Labute approximate surface area is 69.4 Å². The molecule has 2 rings (SSSR count). The smallest absolute Gasteiger partial charge is 0.00999 e. The lowest BCUT2D eigenvalue weighted by molar-refractivity contribution is 0.404. The van der Waals surface area contributed by atoms with E-state index < -0.39 is 0 Å². The van der Waals surface area contributed by atoms with E-state index in [0.29, 0.717) is 0 Å². The van der Waals surface area contributed by atoms with Crippen LogP contribution in [0.15, 0.2) is 0 Å². The standard InChI is InChI=1S/C10H19N/c1-10(2,11)6-9-7-4-3-5-8(7)9/h7-9H,3-6,11H2,1-2H3/t7-,8?,9?/m1/s1. The van der Waals surface area contributed by atoms with Crippen molar-refractivity contribution in [3.8, 4) is 0 Å². The van der Waals surface area contributed by atoms with Crippen LogP contribution in [-0.4, -0.2) is 5.54 Å². The molecule has 11 heavy (non-hydrogen) atoms. The van der Waals surface area contributed by atoms with Gasteiger partial charge in [0.05, 0.1) is 0 Å². The Balaban J connectivity index is 1.83. The zero-order chi connectivity index (χ0) is 8.06. The molecule has 0 bridgehead atoms. The topological polar surface area (TPSA) is 26.0 Å². The first-order valence-corrected chi connectivity index (χ1v) is 4.87. The monoisotopic (exact) mass is 153 g/mol. The number of nitrogens with two attached hydrogens (primary N) is 1. The Morgan fingerprint density at radius 2 is 1.82 bits per heavy atom. The van der Waals surface area contributed by atoms with Crippen molar-refractivity contribution in [2.45, 2.75) is 45.1 Å². The molecule has 0 saturated heterocycles. The summed E-state index contributed by atoms with van der Waals surface area (Å²) in [5, 5.41) is 0. The molecule has 1 heteroatoms. The molecule has 0 aromatic rings. The van der Waals surface area contributed by atoms with Gasteiger partial charge >= 0.3 is 0 Å². The van der Waals surface area contributed by atoms with Gasteiger partial charge in [-0.15, -0.1) is 0 Å². The first-order chi connectivity index (χ1) is 5.08. The van der Waals surface area contributed by atoms with Crippen LogP contribution in [0.1, 0.15) is 39.5 Å². The predicted octanol–water partition coefficient (Wildman–Crippen LogP) is 2.16. The van der Waals surface area contributed by atoms with E-state index in [9.17, 15) is 0 Å². The molecule has 0 aliphatic heterocycles. The number of rotatable bonds is 2. The van der Waals surface area contributed by atoms with Crippen molar-refractivity contribution in [3.63, 3.8) is 0 Å². The molecule has 2 saturated carbocycles. The van der Waals surface area contributed by atoms with Crippen molar-refractivity contribution in [1.29, 1.82) is 0 Å². The van der Waals surface area contributed by atoms with E-state index >= 15 is 0 Å². The van der Waals surface area contributed by atoms with E-state index in [2.05, 4.69) is 13.8 Å². The summed E-state index contributed by atoms with van der Waals surface area (Å²) in [7, 11) is 0. The number of hydrogen-bond donors (Lipinski definition) is 1. The highest BCUT2D eigenvalue weighted by molar-refractivity contribution is 5.03. The molecule has 0 aromatic heterocycles. The molecule has 0 heterocycles. The van der Waals surface area contributed by atoms with Crippen LogP contribution in [0.3, 0.4) is 0 Å². The molecule has 2 unspecified atom stereocenters. The van der Waals surface area contributed by atoms with Crippen LogP contribution < -0.4 is 5.73 Å². The molecule has 3 atom stereocenters. The fourth-order valence-corrected chi connectivity index (χ4v) is 2.88. The van der Waals surface area contributed by atoms with Gasteiger partial charge in [-0.1, -0.05) is 6.42 Å². The van der Waals surface area contributed by atoms with Gasteiger partial charge in [0.2, 0.25) is 0 Å². The summed E-state index contributed by atoms with van der Waals surface area (Å²) in [6, 6.07) is 0. The first kappa shape index (κ1) is 7.60. The van der Waals surface area contributed by atoms with Crippen LogP contribution >= 0.6 is 0 Å². The molecule has 0 spiro atoms. The molecule has 0 aromatic carbocycles. The predicted molar refractivity (Wildman–Crippen MR) is 47.2 cm³/mol. The largest absolute Gasteiger partial charge is 0.326 e. The second-order valence-electron chi connectivity index (χ2n) is 5.12. The van der Waals surface area contributed by atoms with Crippen molar-refractivity contribution in [2.24, 2.45) is 23.5 Å². The lowest BCUT2D eigenvalue weighted by atomic mass is 9.95. The number of fused-ring (bicyclic) bond motifs is 1. The van der Waals surface area contributed by atoms with Crippen LogP contribution in [0.4, 0.5) is 0 Å². The summed E-state index contributed by atoms with van der Waals surface area (Å²) in [5.74, 6) is 3.17. The van der Waals surface area contributed by atoms with Crippen molar-refractivity contribution >= 4 is 0 Å². The van der Waals surface area contributed by atoms with Crippen molar-refractivity contribution < 1.29 is 0 Å². The van der Waals surface area contributed by atoms with E-state index in [1.807, 2.05) is 0 Å². The molecule has 2 N–H and O–H groups in total. The Bertz CT molecular complexity index is 147. The average Bonchev–Trinajstić information content (AvgIpc) is 2.39. The molecule has 0 amide bonds. The SMILES string of the molecule is CC(C)(N)CC1C2CCC[C@H]21. The van der Waals surface area contributed by atoms with Gasteiger partial charge in [-0.05, 0) is 50.9 Å². The molecule has 0 radical (unpaired) electrons. The van der Waals surface area contributed by atoms with E-state index in [1.165, 1.54) is 25.7 Å². The lowest BCUT2D eigenvalue weighted by Gasteiger charge is -2.19. The van der Waals surface area contributed by atoms with E-state index in [1.54, 1.807) is 0 Å². The zero-order valence-electron chi connectivity index (χ0n) is 7.64. The van der Waals surface area contributed by atoms with E-state index in [-0.39, 0.29) is 5.54 Å². The summed E-state index contributed by atoms with van der Waals surface area (Å²) in [5.41, 5.74) is 6.06. The minimum atomic E-state index is 0.0784. The minimum absolute atomic E-state index is 0.0784. The Morgan fingerprint density at radius 1 is 1.27 bits per heavy atom. The van der Waals surface area contributed by atoms with Crippen molar-refractivity contribution in [1.82, 2.24) is 0 Å². The Kier molecular flexibility index (Phi) is 1.54.